The first-order valence-corrected chi connectivity index (χ1v) is 16.7. The molecule has 0 aliphatic heterocycles. The number of rotatable bonds is 5. The van der Waals surface area contributed by atoms with Crippen LogP contribution in [0.4, 0.5) is 17.1 Å². The van der Waals surface area contributed by atoms with Gasteiger partial charge in [-0.25, -0.2) is 0 Å². The summed E-state index contributed by atoms with van der Waals surface area (Å²) in [5.41, 5.74) is 14.3. The number of hydrogen-bond acceptors (Lipinski definition) is 3. The maximum atomic E-state index is 4.70. The molecule has 0 unspecified atom stereocenters. The summed E-state index contributed by atoms with van der Waals surface area (Å²) in [6, 6.07) is 56.8. The Balaban J connectivity index is 1.34. The second kappa shape index (κ2) is 11.0. The highest BCUT2D eigenvalue weighted by atomic mass is 15.1. The van der Waals surface area contributed by atoms with E-state index in [0.29, 0.717) is 0 Å². The predicted octanol–water partition coefficient (Wildman–Crippen LogP) is 12.4. The van der Waals surface area contributed by atoms with E-state index in [0.717, 1.165) is 28.0 Å². The minimum atomic E-state index is 0.962. The van der Waals surface area contributed by atoms with Gasteiger partial charge in [0.25, 0.3) is 0 Å². The molecule has 0 saturated carbocycles. The SMILES string of the molecule is c1ccc(-c2c3c(c(-c4ccccc4)c4ccccc24)-c2ccc(N(c4ccncc4)c4ccnc5ccccc45)c4cccc-3c24)cc1. The van der Waals surface area contributed by atoms with E-state index in [1.807, 2.05) is 24.7 Å². The van der Waals surface area contributed by atoms with Gasteiger partial charge < -0.3 is 4.90 Å². The molecule has 0 atom stereocenters. The average molecular weight is 624 g/mol. The highest BCUT2D eigenvalue weighted by molar-refractivity contribution is 6.29. The minimum Gasteiger partial charge on any atom is -0.309 e. The van der Waals surface area contributed by atoms with Gasteiger partial charge in [-0.2, -0.15) is 0 Å². The molecule has 0 spiro atoms. The Morgan fingerprint density at radius 1 is 0.367 bits per heavy atom. The van der Waals surface area contributed by atoms with Crippen LogP contribution in [0.2, 0.25) is 0 Å². The molecule has 0 saturated heterocycles. The minimum absolute atomic E-state index is 0.962. The van der Waals surface area contributed by atoms with Crippen molar-refractivity contribution in [3.8, 4) is 44.5 Å². The summed E-state index contributed by atoms with van der Waals surface area (Å²) in [5.74, 6) is 0. The van der Waals surface area contributed by atoms with E-state index in [4.69, 9.17) is 4.98 Å². The molecule has 3 heteroatoms. The van der Waals surface area contributed by atoms with Crippen LogP contribution in [0.25, 0.3) is 77.0 Å². The van der Waals surface area contributed by atoms with Crippen molar-refractivity contribution in [3.05, 3.63) is 176 Å². The van der Waals surface area contributed by atoms with Crippen molar-refractivity contribution in [3.63, 3.8) is 0 Å². The number of nitrogens with zero attached hydrogens (tertiary/aromatic N) is 3. The van der Waals surface area contributed by atoms with Crippen molar-refractivity contribution in [2.24, 2.45) is 0 Å². The Bertz CT molecular complexity index is 2600. The Kier molecular flexibility index (Phi) is 6.18. The molecule has 1 aliphatic carbocycles. The molecule has 9 aromatic rings. The number of benzene rings is 7. The second-order valence-electron chi connectivity index (χ2n) is 12.5. The van der Waals surface area contributed by atoms with Crippen molar-refractivity contribution >= 4 is 49.5 Å². The van der Waals surface area contributed by atoms with E-state index in [1.54, 1.807) is 0 Å². The molecular weight excluding hydrogens is 595 g/mol. The average Bonchev–Trinajstić information content (AvgIpc) is 3.50. The van der Waals surface area contributed by atoms with Crippen LogP contribution >= 0.6 is 0 Å². The molecule has 2 heterocycles. The maximum Gasteiger partial charge on any atom is 0.0723 e. The van der Waals surface area contributed by atoms with Crippen LogP contribution in [-0.4, -0.2) is 9.97 Å². The van der Waals surface area contributed by atoms with Crippen LogP contribution in [0.15, 0.2) is 176 Å². The standard InChI is InChI=1S/C46H29N3/c1-3-12-30(13-4-1)42-33-16-7-8-17-34(33)43(31-14-5-2-6-15-31)46-38-22-23-40(36-19-11-20-37(44(36)38)45(42)46)49(32-24-27-47-28-25-32)41-26-29-48-39-21-10-9-18-35(39)41/h1-29H. The molecule has 0 radical (unpaired) electrons. The zero-order chi connectivity index (χ0) is 32.3. The molecule has 3 nitrogen and oxygen atoms in total. The van der Waals surface area contributed by atoms with Crippen molar-refractivity contribution in [1.29, 1.82) is 0 Å². The van der Waals surface area contributed by atoms with Gasteiger partial charge in [-0.15, -0.1) is 0 Å². The highest BCUT2D eigenvalue weighted by Crippen LogP contribution is 2.59. The monoisotopic (exact) mass is 623 g/mol. The lowest BCUT2D eigenvalue weighted by Crippen LogP contribution is -2.11. The van der Waals surface area contributed by atoms with E-state index in [-0.39, 0.29) is 0 Å². The summed E-state index contributed by atoms with van der Waals surface area (Å²) in [7, 11) is 0. The molecule has 228 valence electrons. The number of para-hydroxylation sites is 1. The lowest BCUT2D eigenvalue weighted by molar-refractivity contribution is 1.25. The molecule has 10 rings (SSSR count). The Morgan fingerprint density at radius 3 is 1.59 bits per heavy atom. The molecule has 0 fully saturated rings. The molecular formula is C46H29N3. The Labute approximate surface area is 284 Å². The normalized spacial score (nSPS) is 11.7. The number of aromatic nitrogens is 2. The molecule has 7 aromatic carbocycles. The molecule has 0 amide bonds. The Morgan fingerprint density at radius 2 is 0.918 bits per heavy atom. The van der Waals surface area contributed by atoms with Crippen molar-refractivity contribution in [2.75, 3.05) is 4.90 Å². The van der Waals surface area contributed by atoms with Crippen LogP contribution in [0, 0.1) is 0 Å². The van der Waals surface area contributed by atoms with E-state index in [1.165, 1.54) is 66.1 Å². The largest absolute Gasteiger partial charge is 0.309 e. The van der Waals surface area contributed by atoms with Crippen molar-refractivity contribution < 1.29 is 0 Å². The number of fused-ring (bicyclic) bond motifs is 5. The van der Waals surface area contributed by atoms with E-state index >= 15 is 0 Å². The van der Waals surface area contributed by atoms with E-state index in [9.17, 15) is 0 Å². The van der Waals surface area contributed by atoms with Gasteiger partial charge in [0, 0.05) is 35.1 Å². The lowest BCUT2D eigenvalue weighted by atomic mass is 9.82. The van der Waals surface area contributed by atoms with Gasteiger partial charge in [0.15, 0.2) is 0 Å². The second-order valence-corrected chi connectivity index (χ2v) is 12.5. The van der Waals surface area contributed by atoms with Gasteiger partial charge in [-0.3, -0.25) is 9.97 Å². The fourth-order valence-corrected chi connectivity index (χ4v) is 7.97. The van der Waals surface area contributed by atoms with E-state index in [2.05, 4.69) is 162 Å². The van der Waals surface area contributed by atoms with Gasteiger partial charge in [-0.05, 0) is 91.0 Å². The van der Waals surface area contributed by atoms with Gasteiger partial charge in [0.05, 0.1) is 16.9 Å². The summed E-state index contributed by atoms with van der Waals surface area (Å²) in [6.07, 6.45) is 5.64. The summed E-state index contributed by atoms with van der Waals surface area (Å²) in [4.78, 5) is 11.4. The maximum absolute atomic E-state index is 4.70. The van der Waals surface area contributed by atoms with Gasteiger partial charge in [0.1, 0.15) is 0 Å². The van der Waals surface area contributed by atoms with Gasteiger partial charge >= 0.3 is 0 Å². The first kappa shape index (κ1) is 27.5. The zero-order valence-electron chi connectivity index (χ0n) is 26.6. The van der Waals surface area contributed by atoms with Crippen molar-refractivity contribution in [1.82, 2.24) is 9.97 Å². The number of anilines is 3. The van der Waals surface area contributed by atoms with Gasteiger partial charge in [0.2, 0.25) is 0 Å². The van der Waals surface area contributed by atoms with Crippen LogP contribution in [0.1, 0.15) is 0 Å². The Hall–Kier alpha value is -6.58. The van der Waals surface area contributed by atoms with Crippen LogP contribution in [-0.2, 0) is 0 Å². The lowest BCUT2D eigenvalue weighted by Gasteiger charge is -2.28. The smallest absolute Gasteiger partial charge is 0.0723 e. The number of pyridine rings is 2. The van der Waals surface area contributed by atoms with Crippen LogP contribution in [0.3, 0.4) is 0 Å². The highest BCUT2D eigenvalue weighted by Gasteiger charge is 2.32. The number of hydrogen-bond donors (Lipinski definition) is 0. The molecule has 49 heavy (non-hydrogen) atoms. The summed E-state index contributed by atoms with van der Waals surface area (Å²) >= 11 is 0. The first-order chi connectivity index (χ1) is 24.4. The summed E-state index contributed by atoms with van der Waals surface area (Å²) in [5, 5.41) is 6.09. The third kappa shape index (κ3) is 4.16. The molecule has 1 aliphatic rings. The fourth-order valence-electron chi connectivity index (χ4n) is 7.97. The third-order valence-electron chi connectivity index (χ3n) is 9.93. The van der Waals surface area contributed by atoms with Crippen LogP contribution in [0.5, 0.6) is 0 Å². The topological polar surface area (TPSA) is 29.0 Å². The predicted molar refractivity (Wildman–Crippen MR) is 205 cm³/mol. The summed E-state index contributed by atoms with van der Waals surface area (Å²) < 4.78 is 0. The molecule has 0 bridgehead atoms. The third-order valence-corrected chi connectivity index (χ3v) is 9.93. The summed E-state index contributed by atoms with van der Waals surface area (Å²) in [6.45, 7) is 0. The van der Waals surface area contributed by atoms with Gasteiger partial charge in [-0.1, -0.05) is 127 Å². The fraction of sp³-hybridized carbons (Fsp3) is 0. The quantitative estimate of drug-likeness (QED) is 0.191. The molecule has 0 N–H and O–H groups in total. The molecule has 2 aromatic heterocycles. The zero-order valence-corrected chi connectivity index (χ0v) is 26.6. The van der Waals surface area contributed by atoms with E-state index < -0.39 is 0 Å². The first-order valence-electron chi connectivity index (χ1n) is 16.7. The van der Waals surface area contributed by atoms with Crippen molar-refractivity contribution in [2.45, 2.75) is 0 Å². The van der Waals surface area contributed by atoms with Crippen LogP contribution < -0.4 is 4.90 Å².